The smallest absolute Gasteiger partial charge is 0.339 e. The lowest BCUT2D eigenvalue weighted by Crippen LogP contribution is -2.17. The maximum atomic E-state index is 12.6. The van der Waals surface area contributed by atoms with Gasteiger partial charge in [-0.05, 0) is 85.7 Å². The van der Waals surface area contributed by atoms with E-state index in [9.17, 15) is 4.79 Å². The van der Waals surface area contributed by atoms with Crippen molar-refractivity contribution >= 4 is 22.9 Å². The number of esters is 1. The van der Waals surface area contributed by atoms with E-state index in [1.165, 1.54) is 37.1 Å². The Bertz CT molecular complexity index is 1190. The maximum absolute atomic E-state index is 12.6. The summed E-state index contributed by atoms with van der Waals surface area (Å²) in [5, 5.41) is 0. The van der Waals surface area contributed by atoms with Gasteiger partial charge >= 0.3 is 5.97 Å². The normalized spacial score (nSPS) is 19.1. The molecule has 3 aliphatic heterocycles. The lowest BCUT2D eigenvalue weighted by Gasteiger charge is -2.20. The monoisotopic (exact) mass is 464 g/mol. The fourth-order valence-corrected chi connectivity index (χ4v) is 5.63. The lowest BCUT2D eigenvalue weighted by atomic mass is 9.93. The molecule has 3 aromatic carbocycles. The molecule has 0 aliphatic carbocycles. The van der Waals surface area contributed by atoms with Crippen LogP contribution in [-0.2, 0) is 4.74 Å². The van der Waals surface area contributed by atoms with Crippen molar-refractivity contribution in [2.24, 2.45) is 0 Å². The molecule has 0 spiro atoms. The molecule has 0 N–H and O–H groups in total. The predicted molar refractivity (Wildman–Crippen MR) is 142 cm³/mol. The second-order valence-corrected chi connectivity index (χ2v) is 9.98. The Labute approximate surface area is 207 Å². The molecule has 6 rings (SSSR count). The second-order valence-electron chi connectivity index (χ2n) is 9.98. The maximum Gasteiger partial charge on any atom is 0.339 e. The summed E-state index contributed by atoms with van der Waals surface area (Å²) in [7, 11) is 0. The van der Waals surface area contributed by atoms with Crippen LogP contribution in [0.2, 0.25) is 0 Å². The summed E-state index contributed by atoms with van der Waals surface area (Å²) in [4.78, 5) is 17.5. The molecule has 1 atom stereocenters. The van der Waals surface area contributed by atoms with Crippen LogP contribution in [0, 0.1) is 6.92 Å². The molecule has 3 aromatic rings. The van der Waals surface area contributed by atoms with Crippen LogP contribution in [0.1, 0.15) is 64.4 Å². The highest BCUT2D eigenvalue weighted by molar-refractivity contribution is 5.95. The van der Waals surface area contributed by atoms with Crippen LogP contribution < -0.4 is 9.80 Å². The highest BCUT2D eigenvalue weighted by atomic mass is 16.5. The summed E-state index contributed by atoms with van der Waals surface area (Å²) in [5.74, 6) is -0.241. The Morgan fingerprint density at radius 1 is 0.771 bits per heavy atom. The third-order valence-electron chi connectivity index (χ3n) is 7.58. The van der Waals surface area contributed by atoms with Gasteiger partial charge in [0.15, 0.2) is 0 Å². The molecule has 2 saturated heterocycles. The molecule has 1 unspecified atom stereocenters. The van der Waals surface area contributed by atoms with Gasteiger partial charge in [0.1, 0.15) is 6.10 Å². The minimum atomic E-state index is -0.385. The van der Waals surface area contributed by atoms with E-state index in [1.54, 1.807) is 0 Å². The van der Waals surface area contributed by atoms with Gasteiger partial charge in [-0.2, -0.15) is 0 Å². The van der Waals surface area contributed by atoms with E-state index in [2.05, 4.69) is 77.4 Å². The van der Waals surface area contributed by atoms with Gasteiger partial charge < -0.3 is 14.5 Å². The number of hydrogen-bond acceptors (Lipinski definition) is 4. The topological polar surface area (TPSA) is 32.8 Å². The van der Waals surface area contributed by atoms with E-state index in [-0.39, 0.29) is 12.1 Å². The third kappa shape index (κ3) is 4.34. The molecular formula is C31H32N2O2. The van der Waals surface area contributed by atoms with Crippen molar-refractivity contribution in [3.63, 3.8) is 0 Å². The Kier molecular flexibility index (Phi) is 5.81. The number of carbonyl (C=O) groups is 1. The first-order valence-corrected chi connectivity index (χ1v) is 12.9. The number of anilines is 2. The number of benzene rings is 3. The van der Waals surface area contributed by atoms with Crippen LogP contribution in [-0.4, -0.2) is 32.1 Å². The van der Waals surface area contributed by atoms with E-state index in [4.69, 9.17) is 4.74 Å². The van der Waals surface area contributed by atoms with E-state index in [1.807, 2.05) is 12.1 Å². The number of ether oxygens (including phenoxy) is 1. The summed E-state index contributed by atoms with van der Waals surface area (Å²) in [5.41, 5.74) is 8.69. The zero-order valence-electron chi connectivity index (χ0n) is 20.4. The Balaban J connectivity index is 1.38. The van der Waals surface area contributed by atoms with Gasteiger partial charge in [-0.1, -0.05) is 42.0 Å². The van der Waals surface area contributed by atoms with Crippen molar-refractivity contribution in [2.45, 2.75) is 38.7 Å². The second kappa shape index (κ2) is 9.26. The highest BCUT2D eigenvalue weighted by Crippen LogP contribution is 2.37. The molecule has 178 valence electrons. The first-order chi connectivity index (χ1) is 17.2. The molecule has 4 heteroatoms. The first-order valence-electron chi connectivity index (χ1n) is 12.9. The van der Waals surface area contributed by atoms with E-state index in [0.717, 1.165) is 54.0 Å². The number of nitrogens with zero attached hydrogens (tertiary/aromatic N) is 2. The highest BCUT2D eigenvalue weighted by Gasteiger charge is 2.30. The number of hydrogen-bond donors (Lipinski definition) is 0. The molecular weight excluding hydrogens is 432 g/mol. The van der Waals surface area contributed by atoms with Gasteiger partial charge in [0.05, 0.1) is 5.56 Å². The van der Waals surface area contributed by atoms with Gasteiger partial charge in [-0.15, -0.1) is 0 Å². The van der Waals surface area contributed by atoms with Crippen LogP contribution in [0.3, 0.4) is 0 Å². The van der Waals surface area contributed by atoms with Crippen molar-refractivity contribution in [1.29, 1.82) is 0 Å². The summed E-state index contributed by atoms with van der Waals surface area (Å²) in [6, 6.07) is 23.7. The van der Waals surface area contributed by atoms with Crippen LogP contribution in [0.5, 0.6) is 0 Å². The molecule has 0 aromatic heterocycles. The number of carbonyl (C=O) groups excluding carboxylic acids is 1. The van der Waals surface area contributed by atoms with Crippen molar-refractivity contribution in [3.8, 4) is 0 Å². The zero-order valence-corrected chi connectivity index (χ0v) is 20.4. The molecule has 0 bridgehead atoms. The summed E-state index contributed by atoms with van der Waals surface area (Å²) >= 11 is 0. The molecule has 35 heavy (non-hydrogen) atoms. The molecule has 3 heterocycles. The summed E-state index contributed by atoms with van der Waals surface area (Å²) in [6.45, 7) is 6.59. The van der Waals surface area contributed by atoms with Crippen molar-refractivity contribution in [2.75, 3.05) is 36.0 Å². The molecule has 0 saturated carbocycles. The van der Waals surface area contributed by atoms with E-state index < -0.39 is 0 Å². The zero-order chi connectivity index (χ0) is 23.8. The summed E-state index contributed by atoms with van der Waals surface area (Å²) < 4.78 is 5.84. The molecule has 0 radical (unpaired) electrons. The van der Waals surface area contributed by atoms with Crippen molar-refractivity contribution in [3.05, 3.63) is 101 Å². The number of cyclic esters (lactones) is 1. The molecule has 4 nitrogen and oxygen atoms in total. The molecule has 0 amide bonds. The Hall–Kier alpha value is -3.53. The van der Waals surface area contributed by atoms with Crippen LogP contribution in [0.25, 0.3) is 5.57 Å². The van der Waals surface area contributed by atoms with Gasteiger partial charge in [0.25, 0.3) is 0 Å². The van der Waals surface area contributed by atoms with E-state index >= 15 is 0 Å². The quantitative estimate of drug-likeness (QED) is 0.402. The third-order valence-corrected chi connectivity index (χ3v) is 7.58. The number of fused-ring (bicyclic) bond motifs is 1. The van der Waals surface area contributed by atoms with Crippen molar-refractivity contribution in [1.82, 2.24) is 0 Å². The average molecular weight is 465 g/mol. The fraction of sp³-hybridized carbons (Fsp3) is 0.323. The fourth-order valence-electron chi connectivity index (χ4n) is 5.63. The number of rotatable bonds is 5. The molecule has 2 fully saturated rings. The van der Waals surface area contributed by atoms with Gasteiger partial charge in [-0.25, -0.2) is 4.79 Å². The predicted octanol–water partition coefficient (Wildman–Crippen LogP) is 6.54. The minimum Gasteiger partial charge on any atom is -0.450 e. The Morgan fingerprint density at radius 3 is 1.80 bits per heavy atom. The first kappa shape index (κ1) is 22.0. The van der Waals surface area contributed by atoms with Crippen LogP contribution in [0.15, 0.2) is 72.8 Å². The van der Waals surface area contributed by atoms with Gasteiger partial charge in [0, 0.05) is 43.1 Å². The van der Waals surface area contributed by atoms with Crippen LogP contribution in [0.4, 0.5) is 11.4 Å². The van der Waals surface area contributed by atoms with E-state index in [0.29, 0.717) is 5.56 Å². The summed E-state index contributed by atoms with van der Waals surface area (Å²) in [6.07, 6.45) is 6.80. The largest absolute Gasteiger partial charge is 0.450 e. The van der Waals surface area contributed by atoms with Gasteiger partial charge in [0.2, 0.25) is 0 Å². The van der Waals surface area contributed by atoms with Gasteiger partial charge in [-0.3, -0.25) is 0 Å². The Morgan fingerprint density at radius 2 is 1.29 bits per heavy atom. The SMILES string of the molecule is Cc1ccc2c(c1)C(C=C(c1ccc(N3CCCC3)cc1)c1ccc(N3CCCC3)cc1)OC2=O. The average Bonchev–Trinajstić information content (AvgIpc) is 3.66. The minimum absolute atomic E-state index is 0.241. The lowest BCUT2D eigenvalue weighted by molar-refractivity contribution is 0.0468. The standard InChI is InChI=1S/C31H32N2O2/c1-22-6-15-27-29(20-22)30(35-31(27)34)21-28(23-7-11-25(12-8-23)32-16-2-3-17-32)24-9-13-26(14-10-24)33-18-4-5-19-33/h6-15,20-21,30H,2-5,16-19H2,1H3. The van der Waals surface area contributed by atoms with Crippen molar-refractivity contribution < 1.29 is 9.53 Å². The number of aryl methyl sites for hydroxylation is 1. The molecule has 3 aliphatic rings. The van der Waals surface area contributed by atoms with Crippen LogP contribution >= 0.6 is 0 Å².